The first kappa shape index (κ1) is 26.8. The second kappa shape index (κ2) is 10.3. The Morgan fingerprint density at radius 2 is 1.32 bits per heavy atom. The highest BCUT2D eigenvalue weighted by molar-refractivity contribution is 7.86. The zero-order chi connectivity index (χ0) is 27.7. The number of rotatable bonds is 7. The SMILES string of the molecule is CC1=NN(c2ccc(S(=O)(=O)O)cc2)C(=O)\C1=C/C=C\C=C/C1C=NN(c2ccc(S(=O)(=O)O)cc2)C1=O. The lowest BCUT2D eigenvalue weighted by molar-refractivity contribution is -0.118. The van der Waals surface area contributed by atoms with Crippen LogP contribution >= 0.6 is 0 Å². The molecule has 2 aliphatic heterocycles. The number of amides is 2. The van der Waals surface area contributed by atoms with Gasteiger partial charge in [0, 0.05) is 6.21 Å². The molecular formula is C24H20N4O8S2. The molecule has 0 fully saturated rings. The summed E-state index contributed by atoms with van der Waals surface area (Å²) < 4.78 is 62.9. The summed E-state index contributed by atoms with van der Waals surface area (Å²) >= 11 is 0. The Morgan fingerprint density at radius 3 is 1.84 bits per heavy atom. The molecule has 2 heterocycles. The molecular weight excluding hydrogens is 536 g/mol. The van der Waals surface area contributed by atoms with Crippen molar-refractivity contribution in [1.29, 1.82) is 0 Å². The van der Waals surface area contributed by atoms with Gasteiger partial charge in [0.1, 0.15) is 0 Å². The molecule has 0 radical (unpaired) electrons. The first-order valence-electron chi connectivity index (χ1n) is 10.8. The molecule has 1 unspecified atom stereocenters. The molecule has 2 aromatic carbocycles. The van der Waals surface area contributed by atoms with Crippen molar-refractivity contribution in [3.05, 3.63) is 84.5 Å². The molecule has 2 amide bonds. The summed E-state index contributed by atoms with van der Waals surface area (Å²) in [4.78, 5) is 24.8. The Labute approximate surface area is 218 Å². The van der Waals surface area contributed by atoms with Gasteiger partial charge in [-0.05, 0) is 61.5 Å². The predicted octanol–water partition coefficient (Wildman–Crippen LogP) is 2.59. The van der Waals surface area contributed by atoms with Crippen molar-refractivity contribution in [2.24, 2.45) is 16.1 Å². The Balaban J connectivity index is 1.38. The fraction of sp³-hybridized carbons (Fsp3) is 0.0833. The summed E-state index contributed by atoms with van der Waals surface area (Å²) in [5.74, 6) is -1.45. The normalized spacial score (nSPS) is 19.5. The van der Waals surface area contributed by atoms with Gasteiger partial charge in [-0.2, -0.15) is 32.0 Å². The van der Waals surface area contributed by atoms with E-state index in [1.165, 1.54) is 42.6 Å². The van der Waals surface area contributed by atoms with Gasteiger partial charge in [-0.1, -0.05) is 24.3 Å². The van der Waals surface area contributed by atoms with Gasteiger partial charge in [0.25, 0.3) is 32.1 Å². The number of nitrogens with zero attached hydrogens (tertiary/aromatic N) is 4. The smallest absolute Gasteiger partial charge is 0.282 e. The average molecular weight is 557 g/mol. The molecule has 14 heteroatoms. The number of benzene rings is 2. The minimum Gasteiger partial charge on any atom is -0.282 e. The van der Waals surface area contributed by atoms with Crippen LogP contribution in [0.3, 0.4) is 0 Å². The maximum Gasteiger partial charge on any atom is 0.294 e. The van der Waals surface area contributed by atoms with Gasteiger partial charge in [0.05, 0.1) is 38.4 Å². The van der Waals surface area contributed by atoms with E-state index >= 15 is 0 Å². The molecule has 0 aromatic heterocycles. The second-order valence-corrected chi connectivity index (χ2v) is 10.9. The monoisotopic (exact) mass is 556 g/mol. The summed E-state index contributed by atoms with van der Waals surface area (Å²) in [7, 11) is -8.70. The van der Waals surface area contributed by atoms with E-state index in [9.17, 15) is 26.4 Å². The maximum absolute atomic E-state index is 12.8. The third-order valence-corrected chi connectivity index (χ3v) is 7.20. The second-order valence-electron chi connectivity index (χ2n) is 8.03. The van der Waals surface area contributed by atoms with Crippen LogP contribution in [0.25, 0.3) is 0 Å². The molecule has 196 valence electrons. The molecule has 0 spiro atoms. The van der Waals surface area contributed by atoms with Gasteiger partial charge in [-0.25, -0.2) is 5.01 Å². The molecule has 1 atom stereocenters. The van der Waals surface area contributed by atoms with E-state index in [0.29, 0.717) is 22.7 Å². The summed E-state index contributed by atoms with van der Waals surface area (Å²) in [6.45, 7) is 1.64. The molecule has 38 heavy (non-hydrogen) atoms. The van der Waals surface area contributed by atoms with Crippen LogP contribution in [0, 0.1) is 5.92 Å². The van der Waals surface area contributed by atoms with Crippen molar-refractivity contribution < 1.29 is 35.5 Å². The van der Waals surface area contributed by atoms with E-state index in [-0.39, 0.29) is 15.7 Å². The van der Waals surface area contributed by atoms with Crippen LogP contribution in [-0.4, -0.2) is 49.7 Å². The number of anilines is 2. The molecule has 2 aromatic rings. The van der Waals surface area contributed by atoms with Crippen LogP contribution in [0.4, 0.5) is 11.4 Å². The number of hydrogen-bond acceptors (Lipinski definition) is 8. The minimum absolute atomic E-state index is 0.299. The quantitative estimate of drug-likeness (QED) is 0.297. The van der Waals surface area contributed by atoms with Crippen LogP contribution in [0.15, 0.2) is 104 Å². The minimum atomic E-state index is -4.36. The third kappa shape index (κ3) is 5.68. The summed E-state index contributed by atoms with van der Waals surface area (Å²) in [5.41, 5.74) is 1.41. The van der Waals surface area contributed by atoms with E-state index < -0.39 is 32.1 Å². The van der Waals surface area contributed by atoms with Crippen LogP contribution in [-0.2, 0) is 29.8 Å². The molecule has 2 N–H and O–H groups in total. The zero-order valence-corrected chi connectivity index (χ0v) is 21.2. The molecule has 0 bridgehead atoms. The zero-order valence-electron chi connectivity index (χ0n) is 19.6. The van der Waals surface area contributed by atoms with Gasteiger partial charge in [0.15, 0.2) is 0 Å². The van der Waals surface area contributed by atoms with E-state index in [1.54, 1.807) is 37.3 Å². The summed E-state index contributed by atoms with van der Waals surface area (Å²) in [6.07, 6.45) is 9.37. The number of carbonyl (C=O) groups excluding carboxylic acids is 2. The highest BCUT2D eigenvalue weighted by atomic mass is 32.2. The Morgan fingerprint density at radius 1 is 0.789 bits per heavy atom. The molecule has 0 aliphatic carbocycles. The van der Waals surface area contributed by atoms with Crippen molar-refractivity contribution in [3.8, 4) is 0 Å². The Hall–Kier alpha value is -4.24. The van der Waals surface area contributed by atoms with Gasteiger partial charge in [-0.3, -0.25) is 18.7 Å². The summed E-state index contributed by atoms with van der Waals surface area (Å²) in [6, 6.07) is 10.1. The van der Waals surface area contributed by atoms with E-state index in [4.69, 9.17) is 9.11 Å². The first-order chi connectivity index (χ1) is 17.9. The highest BCUT2D eigenvalue weighted by Crippen LogP contribution is 2.26. The van der Waals surface area contributed by atoms with Crippen molar-refractivity contribution in [1.82, 2.24) is 0 Å². The van der Waals surface area contributed by atoms with Crippen molar-refractivity contribution in [2.45, 2.75) is 16.7 Å². The standard InChI is InChI=1S/C24H20N4O8S2/c1-16-22(24(30)28(26-16)19-9-13-21(14-10-19)38(34,35)36)6-4-2-3-5-17-15-25-27(23(17)29)18-7-11-20(12-8-18)37(31,32)33/h2-15,17H,1H3,(H,31,32,33)(H,34,35,36)/b4-2-,5-3-,22-6-. The van der Waals surface area contributed by atoms with Crippen LogP contribution in [0.2, 0.25) is 0 Å². The highest BCUT2D eigenvalue weighted by Gasteiger charge is 2.29. The van der Waals surface area contributed by atoms with E-state index in [2.05, 4.69) is 10.2 Å². The average Bonchev–Trinajstić information content (AvgIpc) is 3.36. The van der Waals surface area contributed by atoms with Gasteiger partial charge >= 0.3 is 0 Å². The van der Waals surface area contributed by atoms with Crippen LogP contribution in [0.5, 0.6) is 0 Å². The summed E-state index contributed by atoms with van der Waals surface area (Å²) in [5, 5.41) is 10.5. The third-order valence-electron chi connectivity index (χ3n) is 5.46. The van der Waals surface area contributed by atoms with Gasteiger partial charge in [0.2, 0.25) is 0 Å². The lowest BCUT2D eigenvalue weighted by Crippen LogP contribution is -2.24. The molecule has 2 aliphatic rings. The van der Waals surface area contributed by atoms with Crippen LogP contribution in [0.1, 0.15) is 6.92 Å². The largest absolute Gasteiger partial charge is 0.294 e. The lowest BCUT2D eigenvalue weighted by Gasteiger charge is -2.13. The topological polar surface area (TPSA) is 174 Å². The number of allylic oxidation sites excluding steroid dienone is 4. The van der Waals surface area contributed by atoms with Gasteiger partial charge < -0.3 is 0 Å². The fourth-order valence-corrected chi connectivity index (χ4v) is 4.49. The first-order valence-corrected chi connectivity index (χ1v) is 13.7. The number of carbonyl (C=O) groups is 2. The van der Waals surface area contributed by atoms with E-state index in [1.807, 2.05) is 0 Å². The van der Waals surface area contributed by atoms with E-state index in [0.717, 1.165) is 22.2 Å². The Kier molecular flexibility index (Phi) is 7.24. The molecule has 12 nitrogen and oxygen atoms in total. The van der Waals surface area contributed by atoms with Crippen molar-refractivity contribution >= 4 is 55.4 Å². The maximum atomic E-state index is 12.8. The molecule has 0 saturated carbocycles. The van der Waals surface area contributed by atoms with Gasteiger partial charge in [-0.15, -0.1) is 0 Å². The number of hydrazone groups is 2. The van der Waals surface area contributed by atoms with Crippen molar-refractivity contribution in [3.63, 3.8) is 0 Å². The number of hydrogen-bond donors (Lipinski definition) is 2. The fourth-order valence-electron chi connectivity index (χ4n) is 3.53. The van der Waals surface area contributed by atoms with Crippen LogP contribution < -0.4 is 10.0 Å². The van der Waals surface area contributed by atoms with Crippen molar-refractivity contribution in [2.75, 3.05) is 10.0 Å². The molecule has 0 saturated heterocycles. The lowest BCUT2D eigenvalue weighted by atomic mass is 10.1. The predicted molar refractivity (Wildman–Crippen MR) is 139 cm³/mol. The Bertz CT molecular complexity index is 1650. The molecule has 4 rings (SSSR count).